The fourth-order valence-electron chi connectivity index (χ4n) is 2.52. The number of nitrogens with one attached hydrogen (secondary N) is 2. The highest BCUT2D eigenvalue weighted by Crippen LogP contribution is 2.25. The Morgan fingerprint density at radius 3 is 2.92 bits per heavy atom. The summed E-state index contributed by atoms with van der Waals surface area (Å²) in [6, 6.07) is 10.00. The average Bonchev–Trinajstić information content (AvgIpc) is 3.17. The molecule has 126 valence electrons. The summed E-state index contributed by atoms with van der Waals surface area (Å²) in [6.45, 7) is 0.284. The van der Waals surface area contributed by atoms with E-state index in [9.17, 15) is 14.9 Å². The third-order valence-corrected chi connectivity index (χ3v) is 3.79. The summed E-state index contributed by atoms with van der Waals surface area (Å²) in [5, 5.41) is 22.1. The number of nitro groups is 1. The molecule has 0 radical (unpaired) electrons. The van der Waals surface area contributed by atoms with E-state index in [0.717, 1.165) is 0 Å². The molecule has 0 aliphatic rings. The molecule has 9 nitrogen and oxygen atoms in total. The first-order valence-electron chi connectivity index (χ1n) is 7.46. The van der Waals surface area contributed by atoms with Crippen molar-refractivity contribution in [1.82, 2.24) is 19.9 Å². The number of aromatic amines is 1. The first-order chi connectivity index (χ1) is 12.0. The predicted octanol–water partition coefficient (Wildman–Crippen LogP) is 2.12. The fourth-order valence-corrected chi connectivity index (χ4v) is 2.52. The van der Waals surface area contributed by atoms with Crippen LogP contribution in [-0.2, 0) is 7.05 Å². The van der Waals surface area contributed by atoms with Crippen LogP contribution in [0.2, 0.25) is 0 Å². The molecule has 3 rings (SSSR count). The molecule has 0 aliphatic heterocycles. The van der Waals surface area contributed by atoms with Gasteiger partial charge in [-0.2, -0.15) is 5.26 Å². The van der Waals surface area contributed by atoms with Crippen molar-refractivity contribution in [1.29, 1.82) is 5.26 Å². The zero-order valence-electron chi connectivity index (χ0n) is 13.3. The SMILES string of the molecule is Cn1c(-c2nc3cc(C(=O)NCCC#N)ccc3[nH]2)ccc1[N+](=O)[O-]. The monoisotopic (exact) mass is 338 g/mol. The van der Waals surface area contributed by atoms with Crippen molar-refractivity contribution in [3.63, 3.8) is 0 Å². The van der Waals surface area contributed by atoms with Gasteiger partial charge in [-0.15, -0.1) is 0 Å². The number of H-pyrrole nitrogens is 1. The van der Waals surface area contributed by atoms with Crippen LogP contribution >= 0.6 is 0 Å². The molecule has 0 saturated heterocycles. The minimum atomic E-state index is -0.462. The van der Waals surface area contributed by atoms with E-state index in [0.29, 0.717) is 28.1 Å². The first-order valence-corrected chi connectivity index (χ1v) is 7.46. The molecule has 9 heteroatoms. The average molecular weight is 338 g/mol. The third kappa shape index (κ3) is 3.05. The van der Waals surface area contributed by atoms with Crippen molar-refractivity contribution >= 4 is 22.8 Å². The summed E-state index contributed by atoms with van der Waals surface area (Å²) in [6.07, 6.45) is 0.243. The summed E-state index contributed by atoms with van der Waals surface area (Å²) in [5.74, 6) is 0.164. The lowest BCUT2D eigenvalue weighted by atomic mass is 10.2. The fraction of sp³-hybridized carbons (Fsp3) is 0.188. The highest BCUT2D eigenvalue weighted by atomic mass is 16.6. The van der Waals surface area contributed by atoms with E-state index in [1.165, 1.54) is 10.6 Å². The molecule has 2 aromatic heterocycles. The van der Waals surface area contributed by atoms with Crippen LogP contribution in [0.1, 0.15) is 16.8 Å². The number of carbonyl (C=O) groups excluding carboxylic acids is 1. The minimum absolute atomic E-state index is 0.0342. The van der Waals surface area contributed by atoms with Gasteiger partial charge >= 0.3 is 5.82 Å². The van der Waals surface area contributed by atoms with E-state index < -0.39 is 4.92 Å². The number of carbonyl (C=O) groups is 1. The largest absolute Gasteiger partial charge is 0.358 e. The quantitative estimate of drug-likeness (QED) is 0.418. The molecule has 0 atom stereocenters. The zero-order chi connectivity index (χ0) is 18.0. The lowest BCUT2D eigenvalue weighted by Gasteiger charge is -2.02. The summed E-state index contributed by atoms with van der Waals surface area (Å²) in [5.41, 5.74) is 2.29. The lowest BCUT2D eigenvalue weighted by Crippen LogP contribution is -2.24. The number of nitriles is 1. The van der Waals surface area contributed by atoms with Gasteiger partial charge in [-0.1, -0.05) is 0 Å². The Kier molecular flexibility index (Phi) is 4.18. The number of imidazole rings is 1. The molecule has 1 amide bonds. The Hall–Kier alpha value is -3.67. The molecule has 0 bridgehead atoms. The Labute approximate surface area is 142 Å². The molecular formula is C16H14N6O3. The molecule has 0 spiro atoms. The lowest BCUT2D eigenvalue weighted by molar-refractivity contribution is -0.391. The van der Waals surface area contributed by atoms with Crippen molar-refractivity contribution < 1.29 is 9.72 Å². The molecule has 1 aromatic carbocycles. The highest BCUT2D eigenvalue weighted by Gasteiger charge is 2.19. The Morgan fingerprint density at radius 1 is 1.44 bits per heavy atom. The van der Waals surface area contributed by atoms with E-state index in [1.807, 2.05) is 6.07 Å². The van der Waals surface area contributed by atoms with E-state index in [4.69, 9.17) is 5.26 Å². The maximum atomic E-state index is 12.0. The number of aromatic nitrogens is 3. The third-order valence-electron chi connectivity index (χ3n) is 3.79. The Bertz CT molecular complexity index is 1010. The Morgan fingerprint density at radius 2 is 2.24 bits per heavy atom. The Balaban J connectivity index is 1.92. The molecule has 0 unspecified atom stereocenters. The first kappa shape index (κ1) is 16.2. The van der Waals surface area contributed by atoms with Gasteiger partial charge in [0.15, 0.2) is 11.5 Å². The number of hydrogen-bond donors (Lipinski definition) is 2. The second-order valence-electron chi connectivity index (χ2n) is 5.37. The summed E-state index contributed by atoms with van der Waals surface area (Å²) < 4.78 is 1.44. The maximum Gasteiger partial charge on any atom is 0.323 e. The van der Waals surface area contributed by atoms with Crippen LogP contribution < -0.4 is 5.32 Å². The summed E-state index contributed by atoms with van der Waals surface area (Å²) in [7, 11) is 1.59. The van der Waals surface area contributed by atoms with Gasteiger partial charge in [-0.05, 0) is 29.2 Å². The van der Waals surface area contributed by atoms with Gasteiger partial charge in [-0.3, -0.25) is 4.79 Å². The van der Waals surface area contributed by atoms with Crippen molar-refractivity contribution in [2.75, 3.05) is 6.54 Å². The summed E-state index contributed by atoms with van der Waals surface area (Å²) in [4.78, 5) is 30.0. The number of hydrogen-bond acceptors (Lipinski definition) is 5. The van der Waals surface area contributed by atoms with Gasteiger partial charge < -0.3 is 20.4 Å². The van der Waals surface area contributed by atoms with Crippen LogP contribution in [0.5, 0.6) is 0 Å². The van der Waals surface area contributed by atoms with E-state index in [2.05, 4.69) is 15.3 Å². The second-order valence-corrected chi connectivity index (χ2v) is 5.37. The minimum Gasteiger partial charge on any atom is -0.358 e. The molecule has 2 N–H and O–H groups in total. The van der Waals surface area contributed by atoms with Crippen LogP contribution in [0.15, 0.2) is 30.3 Å². The maximum absolute atomic E-state index is 12.0. The molecule has 0 aliphatic carbocycles. The molecule has 3 aromatic rings. The van der Waals surface area contributed by atoms with Crippen LogP contribution in [0.25, 0.3) is 22.6 Å². The van der Waals surface area contributed by atoms with Gasteiger partial charge in [0.25, 0.3) is 5.91 Å². The highest BCUT2D eigenvalue weighted by molar-refractivity contribution is 5.97. The standard InChI is InChI=1S/C16H14N6O3/c1-21-13(5-6-14(21)22(24)25)15-19-11-4-3-10(9-12(11)20-15)16(23)18-8-2-7-17/h3-6,9H,2,8H2,1H3,(H,18,23)(H,19,20). The normalized spacial score (nSPS) is 10.6. The predicted molar refractivity (Wildman–Crippen MR) is 89.7 cm³/mol. The van der Waals surface area contributed by atoms with Crippen molar-refractivity contribution in [3.8, 4) is 17.6 Å². The van der Waals surface area contributed by atoms with Crippen LogP contribution in [-0.4, -0.2) is 31.9 Å². The summed E-state index contributed by atoms with van der Waals surface area (Å²) >= 11 is 0. The number of rotatable bonds is 5. The van der Waals surface area contributed by atoms with Gasteiger partial charge in [0, 0.05) is 18.2 Å². The van der Waals surface area contributed by atoms with E-state index in [1.54, 1.807) is 31.3 Å². The molecule has 2 heterocycles. The van der Waals surface area contributed by atoms with Gasteiger partial charge in [0.1, 0.15) is 0 Å². The number of benzene rings is 1. The van der Waals surface area contributed by atoms with Gasteiger partial charge in [0.05, 0.1) is 30.6 Å². The zero-order valence-corrected chi connectivity index (χ0v) is 13.3. The molecule has 25 heavy (non-hydrogen) atoms. The topological polar surface area (TPSA) is 130 Å². The van der Waals surface area contributed by atoms with Crippen molar-refractivity contribution in [2.24, 2.45) is 7.05 Å². The second kappa shape index (κ2) is 6.45. The smallest absolute Gasteiger partial charge is 0.323 e. The van der Waals surface area contributed by atoms with Crippen LogP contribution in [0, 0.1) is 21.4 Å². The van der Waals surface area contributed by atoms with Crippen LogP contribution in [0.4, 0.5) is 5.82 Å². The molecule has 0 fully saturated rings. The van der Waals surface area contributed by atoms with Gasteiger partial charge in [0.2, 0.25) is 0 Å². The van der Waals surface area contributed by atoms with E-state index in [-0.39, 0.29) is 24.7 Å². The number of nitrogens with zero attached hydrogens (tertiary/aromatic N) is 4. The van der Waals surface area contributed by atoms with E-state index >= 15 is 0 Å². The molecule has 0 saturated carbocycles. The van der Waals surface area contributed by atoms with Gasteiger partial charge in [-0.25, -0.2) is 9.55 Å². The van der Waals surface area contributed by atoms with Crippen molar-refractivity contribution in [3.05, 3.63) is 46.0 Å². The number of fused-ring (bicyclic) bond motifs is 1. The molecular weight excluding hydrogens is 324 g/mol. The van der Waals surface area contributed by atoms with Crippen LogP contribution in [0.3, 0.4) is 0 Å². The number of amides is 1. The van der Waals surface area contributed by atoms with Crippen molar-refractivity contribution in [2.45, 2.75) is 6.42 Å².